The van der Waals surface area contributed by atoms with Gasteiger partial charge >= 0.3 is 5.97 Å². The summed E-state index contributed by atoms with van der Waals surface area (Å²) in [6, 6.07) is 14.2. The fourth-order valence-electron chi connectivity index (χ4n) is 4.33. The predicted molar refractivity (Wildman–Crippen MR) is 134 cm³/mol. The van der Waals surface area contributed by atoms with Crippen molar-refractivity contribution in [2.75, 3.05) is 23.7 Å². The quantitative estimate of drug-likeness (QED) is 0.307. The molecule has 0 atom stereocenters. The molecule has 2 aromatic carbocycles. The number of piperidine rings is 1. The van der Waals surface area contributed by atoms with Crippen molar-refractivity contribution < 1.29 is 9.90 Å². The first kappa shape index (κ1) is 21.6. The van der Waals surface area contributed by atoms with Crippen LogP contribution < -0.4 is 4.90 Å². The maximum Gasteiger partial charge on any atom is 0.323 e. The number of benzene rings is 2. The van der Waals surface area contributed by atoms with Gasteiger partial charge in [0, 0.05) is 40.1 Å². The molecule has 3 heterocycles. The molecule has 0 radical (unpaired) electrons. The average molecular weight is 486 g/mol. The van der Waals surface area contributed by atoms with E-state index in [-0.39, 0.29) is 6.54 Å². The van der Waals surface area contributed by atoms with Crippen LogP contribution in [-0.2, 0) is 11.3 Å². The van der Waals surface area contributed by atoms with Gasteiger partial charge in [0.15, 0.2) is 5.13 Å². The summed E-state index contributed by atoms with van der Waals surface area (Å²) in [5, 5.41) is 12.0. The number of nitrogens with zero attached hydrogens (tertiary/aromatic N) is 3. The number of thiazole rings is 1. The van der Waals surface area contributed by atoms with Gasteiger partial charge in [0.05, 0.1) is 10.2 Å². The summed E-state index contributed by atoms with van der Waals surface area (Å²) >= 11 is 9.74. The molecule has 5 rings (SSSR count). The highest BCUT2D eigenvalue weighted by Gasteiger charge is 2.21. The molecule has 4 aromatic rings. The second kappa shape index (κ2) is 9.33. The van der Waals surface area contributed by atoms with E-state index in [1.54, 1.807) is 15.9 Å². The SMILES string of the molecule is O=C(O)Cn1ccc2cc(SCCC3CCN(c4nc5ccc(Cl)cc5s4)CC3)ccc21. The van der Waals surface area contributed by atoms with Crippen LogP contribution in [0.4, 0.5) is 5.13 Å². The number of anilines is 1. The molecule has 2 aromatic heterocycles. The van der Waals surface area contributed by atoms with E-state index in [9.17, 15) is 4.79 Å². The van der Waals surface area contributed by atoms with E-state index in [2.05, 4.69) is 17.0 Å². The Hall–Kier alpha value is -2.22. The number of rotatable bonds is 7. The molecule has 0 unspecified atom stereocenters. The number of carboxylic acid groups (broad SMARTS) is 1. The van der Waals surface area contributed by atoms with Gasteiger partial charge in [-0.3, -0.25) is 4.79 Å². The fourth-order valence-corrected chi connectivity index (χ4v) is 6.68. The first-order valence-electron chi connectivity index (χ1n) is 10.8. The summed E-state index contributed by atoms with van der Waals surface area (Å²) < 4.78 is 2.93. The lowest BCUT2D eigenvalue weighted by Gasteiger charge is -2.31. The highest BCUT2D eigenvalue weighted by molar-refractivity contribution is 7.99. The van der Waals surface area contributed by atoms with Gasteiger partial charge in [0.25, 0.3) is 0 Å². The van der Waals surface area contributed by atoms with Crippen LogP contribution in [0.5, 0.6) is 0 Å². The summed E-state index contributed by atoms with van der Waals surface area (Å²) in [6.45, 7) is 2.12. The molecule has 166 valence electrons. The third-order valence-electron chi connectivity index (χ3n) is 6.07. The molecular formula is C24H24ClN3O2S2. The number of hydrogen-bond acceptors (Lipinski definition) is 5. The van der Waals surface area contributed by atoms with Gasteiger partial charge in [0.1, 0.15) is 6.54 Å². The Balaban J connectivity index is 1.12. The van der Waals surface area contributed by atoms with Crippen LogP contribution in [0, 0.1) is 5.92 Å². The Morgan fingerprint density at radius 3 is 2.84 bits per heavy atom. The Morgan fingerprint density at radius 2 is 2.03 bits per heavy atom. The van der Waals surface area contributed by atoms with Crippen molar-refractivity contribution >= 4 is 66.9 Å². The van der Waals surface area contributed by atoms with Crippen LogP contribution in [0.2, 0.25) is 5.02 Å². The van der Waals surface area contributed by atoms with E-state index < -0.39 is 5.97 Å². The highest BCUT2D eigenvalue weighted by atomic mass is 35.5. The predicted octanol–water partition coefficient (Wildman–Crippen LogP) is 6.39. The Kier molecular flexibility index (Phi) is 6.31. The number of fused-ring (bicyclic) bond motifs is 2. The molecule has 1 fully saturated rings. The van der Waals surface area contributed by atoms with Gasteiger partial charge in [-0.25, -0.2) is 4.98 Å². The number of aromatic nitrogens is 2. The second-order valence-electron chi connectivity index (χ2n) is 8.23. The van der Waals surface area contributed by atoms with Crippen molar-refractivity contribution in [3.63, 3.8) is 0 Å². The zero-order chi connectivity index (χ0) is 22.1. The smallest absolute Gasteiger partial charge is 0.323 e. The monoisotopic (exact) mass is 485 g/mol. The average Bonchev–Trinajstić information content (AvgIpc) is 3.37. The van der Waals surface area contributed by atoms with Crippen molar-refractivity contribution in [2.45, 2.75) is 30.7 Å². The first-order valence-corrected chi connectivity index (χ1v) is 13.0. The molecule has 1 aliphatic heterocycles. The lowest BCUT2D eigenvalue weighted by Crippen LogP contribution is -2.33. The van der Waals surface area contributed by atoms with Crippen LogP contribution in [-0.4, -0.2) is 39.5 Å². The lowest BCUT2D eigenvalue weighted by molar-refractivity contribution is -0.137. The van der Waals surface area contributed by atoms with Crippen LogP contribution >= 0.6 is 34.7 Å². The minimum Gasteiger partial charge on any atom is -0.480 e. The van der Waals surface area contributed by atoms with E-state index in [1.807, 2.05) is 48.3 Å². The molecule has 5 nitrogen and oxygen atoms in total. The zero-order valence-corrected chi connectivity index (χ0v) is 19.9. The molecule has 0 aliphatic carbocycles. The minimum atomic E-state index is -0.820. The fraction of sp³-hybridized carbons (Fsp3) is 0.333. The number of hydrogen-bond donors (Lipinski definition) is 1. The van der Waals surface area contributed by atoms with Crippen molar-refractivity contribution in [3.8, 4) is 0 Å². The van der Waals surface area contributed by atoms with E-state index in [0.29, 0.717) is 0 Å². The molecule has 0 amide bonds. The number of aliphatic carboxylic acids is 1. The lowest BCUT2D eigenvalue weighted by atomic mass is 9.95. The maximum absolute atomic E-state index is 11.0. The van der Waals surface area contributed by atoms with Gasteiger partial charge in [-0.05, 0) is 73.4 Å². The molecule has 8 heteroatoms. The third kappa shape index (κ3) is 4.75. The summed E-state index contributed by atoms with van der Waals surface area (Å²) in [4.78, 5) is 19.4. The second-order valence-corrected chi connectivity index (χ2v) is 10.8. The van der Waals surface area contributed by atoms with E-state index in [0.717, 1.165) is 56.0 Å². The molecular weight excluding hydrogens is 462 g/mol. The van der Waals surface area contributed by atoms with Gasteiger partial charge in [-0.1, -0.05) is 22.9 Å². The molecule has 32 heavy (non-hydrogen) atoms. The molecule has 1 saturated heterocycles. The molecule has 1 N–H and O–H groups in total. The van der Waals surface area contributed by atoms with Crippen LogP contribution in [0.25, 0.3) is 21.1 Å². The molecule has 0 spiro atoms. The first-order chi connectivity index (χ1) is 15.5. The summed E-state index contributed by atoms with van der Waals surface area (Å²) in [6.07, 6.45) is 5.47. The van der Waals surface area contributed by atoms with Crippen molar-refractivity contribution in [3.05, 3.63) is 53.7 Å². The normalized spacial score (nSPS) is 15.1. The Labute approximate surface area is 200 Å². The van der Waals surface area contributed by atoms with Gasteiger partial charge in [-0.15, -0.1) is 11.8 Å². The largest absolute Gasteiger partial charge is 0.480 e. The van der Waals surface area contributed by atoms with E-state index >= 15 is 0 Å². The van der Waals surface area contributed by atoms with Crippen molar-refractivity contribution in [2.24, 2.45) is 5.92 Å². The number of carbonyl (C=O) groups is 1. The van der Waals surface area contributed by atoms with Crippen LogP contribution in [0.3, 0.4) is 0 Å². The Morgan fingerprint density at radius 1 is 1.19 bits per heavy atom. The van der Waals surface area contributed by atoms with Gasteiger partial charge in [0.2, 0.25) is 0 Å². The van der Waals surface area contributed by atoms with Crippen molar-refractivity contribution in [1.29, 1.82) is 0 Å². The number of carboxylic acids is 1. The van der Waals surface area contributed by atoms with Crippen LogP contribution in [0.1, 0.15) is 19.3 Å². The van der Waals surface area contributed by atoms with Crippen molar-refractivity contribution in [1.82, 2.24) is 9.55 Å². The molecule has 0 saturated carbocycles. The third-order valence-corrected chi connectivity index (χ3v) is 8.41. The van der Waals surface area contributed by atoms with E-state index in [4.69, 9.17) is 21.7 Å². The topological polar surface area (TPSA) is 58.4 Å². The van der Waals surface area contributed by atoms with Gasteiger partial charge < -0.3 is 14.6 Å². The number of thioether (sulfide) groups is 1. The molecule has 0 bridgehead atoms. The summed E-state index contributed by atoms with van der Waals surface area (Å²) in [5.41, 5.74) is 2.00. The highest BCUT2D eigenvalue weighted by Crippen LogP contribution is 2.34. The maximum atomic E-state index is 11.0. The Bertz CT molecular complexity index is 1260. The number of halogens is 1. The van der Waals surface area contributed by atoms with Gasteiger partial charge in [-0.2, -0.15) is 0 Å². The van der Waals surface area contributed by atoms with E-state index in [1.165, 1.54) is 24.2 Å². The minimum absolute atomic E-state index is 0.000544. The standard InChI is InChI=1S/C24H24ClN3O2S2/c25-18-1-3-20-22(14-18)32-24(26-20)27-9-5-16(6-10-27)8-12-31-19-2-4-21-17(13-19)7-11-28(21)15-23(29)30/h1-4,7,11,13-14,16H,5-6,8-10,12,15H2,(H,29,30). The summed E-state index contributed by atoms with van der Waals surface area (Å²) in [7, 11) is 0. The zero-order valence-electron chi connectivity index (χ0n) is 17.5. The molecule has 1 aliphatic rings. The van der Waals surface area contributed by atoms with Crippen LogP contribution in [0.15, 0.2) is 53.6 Å². The summed E-state index contributed by atoms with van der Waals surface area (Å²) in [5.74, 6) is 1.04.